The minimum absolute atomic E-state index is 0.0438. The highest BCUT2D eigenvalue weighted by atomic mass is 32.1. The average Bonchev–Trinajstić information content (AvgIpc) is 2.95. The summed E-state index contributed by atoms with van der Waals surface area (Å²) in [6.07, 6.45) is 0.758. The number of hydrogen-bond donors (Lipinski definition) is 0. The normalized spacial score (nSPS) is 11.0. The van der Waals surface area contributed by atoms with Gasteiger partial charge in [-0.2, -0.15) is 0 Å². The molecular weight excluding hydrogens is 376 g/mol. The van der Waals surface area contributed by atoms with E-state index in [1.54, 1.807) is 18.8 Å². The monoisotopic (exact) mass is 400 g/mol. The van der Waals surface area contributed by atoms with Crippen molar-refractivity contribution in [1.82, 2.24) is 9.55 Å². The second-order valence-electron chi connectivity index (χ2n) is 6.77. The van der Waals surface area contributed by atoms with Crippen molar-refractivity contribution in [2.45, 2.75) is 40.2 Å². The van der Waals surface area contributed by atoms with Crippen LogP contribution in [0.25, 0.3) is 10.2 Å². The van der Waals surface area contributed by atoms with Crippen molar-refractivity contribution in [2.24, 2.45) is 0 Å². The molecule has 28 heavy (non-hydrogen) atoms. The summed E-state index contributed by atoms with van der Waals surface area (Å²) in [7, 11) is 3.18. The molecule has 0 atom stereocenters. The molecule has 0 saturated heterocycles. The van der Waals surface area contributed by atoms with Gasteiger partial charge in [-0.1, -0.05) is 6.07 Å². The van der Waals surface area contributed by atoms with Gasteiger partial charge in [0.25, 0.3) is 5.56 Å². The maximum atomic E-state index is 13.2. The second kappa shape index (κ2) is 8.14. The second-order valence-corrected chi connectivity index (χ2v) is 7.97. The summed E-state index contributed by atoms with van der Waals surface area (Å²) in [6, 6.07) is 5.65. The lowest BCUT2D eigenvalue weighted by molar-refractivity contribution is -0.117. The number of ketones is 1. The lowest BCUT2D eigenvalue weighted by Crippen LogP contribution is -2.26. The van der Waals surface area contributed by atoms with E-state index in [1.165, 1.54) is 18.3 Å². The minimum atomic E-state index is -0.0800. The summed E-state index contributed by atoms with van der Waals surface area (Å²) >= 11 is 1.53. The highest BCUT2D eigenvalue weighted by Gasteiger charge is 2.17. The maximum absolute atomic E-state index is 13.2. The van der Waals surface area contributed by atoms with E-state index in [0.29, 0.717) is 42.1 Å². The van der Waals surface area contributed by atoms with Gasteiger partial charge in [-0.05, 0) is 44.0 Å². The van der Waals surface area contributed by atoms with Crippen LogP contribution in [0.5, 0.6) is 11.5 Å². The van der Waals surface area contributed by atoms with Crippen molar-refractivity contribution in [2.75, 3.05) is 14.2 Å². The van der Waals surface area contributed by atoms with Gasteiger partial charge in [0, 0.05) is 24.3 Å². The fraction of sp³-hybridized carbons (Fsp3) is 0.381. The quantitative estimate of drug-likeness (QED) is 0.605. The van der Waals surface area contributed by atoms with Gasteiger partial charge < -0.3 is 9.47 Å². The number of hydrogen-bond acceptors (Lipinski definition) is 6. The van der Waals surface area contributed by atoms with E-state index in [0.717, 1.165) is 20.8 Å². The van der Waals surface area contributed by atoms with E-state index in [2.05, 4.69) is 0 Å². The van der Waals surface area contributed by atoms with Gasteiger partial charge in [0.05, 0.1) is 19.6 Å². The van der Waals surface area contributed by atoms with Crippen LogP contribution in [-0.4, -0.2) is 29.6 Å². The van der Waals surface area contributed by atoms with E-state index in [4.69, 9.17) is 14.5 Å². The predicted molar refractivity (Wildman–Crippen MR) is 111 cm³/mol. The van der Waals surface area contributed by atoms with Crippen LogP contribution in [0.3, 0.4) is 0 Å². The van der Waals surface area contributed by atoms with Gasteiger partial charge in [-0.3, -0.25) is 14.2 Å². The Balaban J connectivity index is 2.12. The first-order valence-electron chi connectivity index (χ1n) is 9.05. The van der Waals surface area contributed by atoms with Crippen LogP contribution in [0.4, 0.5) is 0 Å². The number of aryl methyl sites for hydroxylation is 2. The van der Waals surface area contributed by atoms with Crippen LogP contribution in [0.1, 0.15) is 35.2 Å². The molecule has 7 heteroatoms. The van der Waals surface area contributed by atoms with Gasteiger partial charge in [0.2, 0.25) is 0 Å². The number of aromatic nitrogens is 2. The van der Waals surface area contributed by atoms with Gasteiger partial charge in [-0.15, -0.1) is 11.3 Å². The fourth-order valence-electron chi connectivity index (χ4n) is 3.18. The molecule has 0 spiro atoms. The predicted octanol–water partition coefficient (Wildman–Crippen LogP) is 3.66. The smallest absolute Gasteiger partial charge is 0.262 e. The zero-order valence-electron chi connectivity index (χ0n) is 16.8. The molecule has 0 aliphatic heterocycles. The van der Waals surface area contributed by atoms with Gasteiger partial charge in [-0.25, -0.2) is 4.98 Å². The number of Topliss-reactive ketones (excluding diaryl/α,β-unsaturated/α-hetero) is 1. The van der Waals surface area contributed by atoms with Crippen LogP contribution in [0, 0.1) is 13.8 Å². The Bertz CT molecular complexity index is 1100. The Morgan fingerprint density at radius 1 is 1.18 bits per heavy atom. The number of carbonyl (C=O) groups is 1. The van der Waals surface area contributed by atoms with Gasteiger partial charge in [0.15, 0.2) is 11.5 Å². The number of benzene rings is 1. The van der Waals surface area contributed by atoms with Crippen molar-refractivity contribution in [3.05, 3.63) is 50.4 Å². The van der Waals surface area contributed by atoms with Crippen molar-refractivity contribution >= 4 is 27.3 Å². The Morgan fingerprint density at radius 2 is 1.89 bits per heavy atom. The number of ether oxygens (including phenoxy) is 2. The molecule has 0 bridgehead atoms. The van der Waals surface area contributed by atoms with Gasteiger partial charge in [0.1, 0.15) is 16.4 Å². The Morgan fingerprint density at radius 3 is 2.54 bits per heavy atom. The molecule has 0 N–H and O–H groups in total. The summed E-state index contributed by atoms with van der Waals surface area (Å²) in [5, 5.41) is 0.655. The summed E-state index contributed by atoms with van der Waals surface area (Å²) in [5.41, 5.74) is 1.83. The molecule has 2 heterocycles. The highest BCUT2D eigenvalue weighted by molar-refractivity contribution is 7.18. The Labute approximate surface area is 167 Å². The third kappa shape index (κ3) is 3.80. The number of methoxy groups -OCH3 is 2. The molecule has 0 unspecified atom stereocenters. The van der Waals surface area contributed by atoms with E-state index in [-0.39, 0.29) is 11.3 Å². The zero-order chi connectivity index (χ0) is 20.4. The largest absolute Gasteiger partial charge is 0.493 e. The minimum Gasteiger partial charge on any atom is -0.493 e. The van der Waals surface area contributed by atoms with Crippen molar-refractivity contribution < 1.29 is 14.3 Å². The molecule has 3 rings (SSSR count). The van der Waals surface area contributed by atoms with Crippen LogP contribution < -0.4 is 15.0 Å². The number of rotatable bonds is 7. The SMILES string of the molecule is COc1ccc(Cc2nc3sc(C)c(C)c3c(=O)n2CCC(C)=O)cc1OC. The highest BCUT2D eigenvalue weighted by Crippen LogP contribution is 2.29. The maximum Gasteiger partial charge on any atom is 0.262 e. The van der Waals surface area contributed by atoms with Crippen LogP contribution in [-0.2, 0) is 17.8 Å². The summed E-state index contributed by atoms with van der Waals surface area (Å²) in [4.78, 5) is 31.3. The van der Waals surface area contributed by atoms with E-state index in [9.17, 15) is 9.59 Å². The first-order valence-corrected chi connectivity index (χ1v) is 9.87. The molecule has 0 amide bonds. The van der Waals surface area contributed by atoms with Crippen molar-refractivity contribution in [3.8, 4) is 11.5 Å². The topological polar surface area (TPSA) is 70.4 Å². The molecule has 1 aromatic carbocycles. The standard InChI is InChI=1S/C21H24N2O4S/c1-12(24)8-9-23-18(11-15-6-7-16(26-4)17(10-15)27-5)22-20-19(21(23)25)13(2)14(3)28-20/h6-7,10H,8-9,11H2,1-5H3. The molecule has 0 radical (unpaired) electrons. The third-order valence-electron chi connectivity index (χ3n) is 4.87. The van der Waals surface area contributed by atoms with E-state index < -0.39 is 0 Å². The molecule has 6 nitrogen and oxygen atoms in total. The number of carbonyl (C=O) groups excluding carboxylic acids is 1. The summed E-state index contributed by atoms with van der Waals surface area (Å²) in [6.45, 7) is 5.80. The van der Waals surface area contributed by atoms with Crippen LogP contribution in [0.15, 0.2) is 23.0 Å². The molecule has 0 aliphatic rings. The fourth-order valence-corrected chi connectivity index (χ4v) is 4.22. The summed E-state index contributed by atoms with van der Waals surface area (Å²) < 4.78 is 12.3. The lowest BCUT2D eigenvalue weighted by atomic mass is 10.1. The molecular formula is C21H24N2O4S. The van der Waals surface area contributed by atoms with Crippen LogP contribution >= 0.6 is 11.3 Å². The Kier molecular flexibility index (Phi) is 5.84. The zero-order valence-corrected chi connectivity index (χ0v) is 17.6. The molecule has 148 valence electrons. The lowest BCUT2D eigenvalue weighted by Gasteiger charge is -2.14. The average molecular weight is 401 g/mol. The molecule has 2 aromatic heterocycles. The molecule has 3 aromatic rings. The van der Waals surface area contributed by atoms with E-state index >= 15 is 0 Å². The van der Waals surface area contributed by atoms with Crippen molar-refractivity contribution in [3.63, 3.8) is 0 Å². The third-order valence-corrected chi connectivity index (χ3v) is 5.97. The molecule has 0 aliphatic carbocycles. The number of fused-ring (bicyclic) bond motifs is 1. The summed E-state index contributed by atoms with van der Waals surface area (Å²) in [5.74, 6) is 1.96. The van der Waals surface area contributed by atoms with Crippen molar-refractivity contribution in [1.29, 1.82) is 0 Å². The number of nitrogens with zero attached hydrogens (tertiary/aromatic N) is 2. The first kappa shape index (κ1) is 20.1. The number of thiophene rings is 1. The Hall–Kier alpha value is -2.67. The first-order chi connectivity index (χ1) is 13.3. The molecule has 0 fully saturated rings. The molecule has 0 saturated carbocycles. The van der Waals surface area contributed by atoms with Crippen LogP contribution in [0.2, 0.25) is 0 Å². The van der Waals surface area contributed by atoms with Gasteiger partial charge >= 0.3 is 0 Å². The van der Waals surface area contributed by atoms with E-state index in [1.807, 2.05) is 32.0 Å².